The van der Waals surface area contributed by atoms with Crippen molar-refractivity contribution in [2.75, 3.05) is 5.32 Å². The van der Waals surface area contributed by atoms with E-state index in [4.69, 9.17) is 0 Å². The molecule has 0 aliphatic rings. The zero-order valence-electron chi connectivity index (χ0n) is 11.6. The van der Waals surface area contributed by atoms with Crippen molar-refractivity contribution in [3.63, 3.8) is 0 Å². The molecule has 0 radical (unpaired) electrons. The molecule has 0 spiro atoms. The Labute approximate surface area is 116 Å². The van der Waals surface area contributed by atoms with Crippen LogP contribution >= 0.6 is 0 Å². The fourth-order valence-corrected chi connectivity index (χ4v) is 2.38. The van der Waals surface area contributed by atoms with Gasteiger partial charge in [-0.15, -0.1) is 0 Å². The summed E-state index contributed by atoms with van der Waals surface area (Å²) in [5.74, 6) is 0.416. The van der Waals surface area contributed by atoms with Crippen LogP contribution in [0.15, 0.2) is 30.3 Å². The van der Waals surface area contributed by atoms with Gasteiger partial charge >= 0.3 is 5.65 Å². The largest absolute Gasteiger partial charge is 0.356 e. The van der Waals surface area contributed by atoms with E-state index in [-0.39, 0.29) is 5.91 Å². The fraction of sp³-hybridized carbons (Fsp3) is 0.200. The molecule has 2 aromatic heterocycles. The lowest BCUT2D eigenvalue weighted by Gasteiger charge is -2.06. The number of nitrogens with zero attached hydrogens (tertiary/aromatic N) is 3. The second-order valence-corrected chi connectivity index (χ2v) is 4.85. The summed E-state index contributed by atoms with van der Waals surface area (Å²) < 4.78 is 1.76. The van der Waals surface area contributed by atoms with E-state index in [0.29, 0.717) is 5.82 Å². The van der Waals surface area contributed by atoms with Crippen molar-refractivity contribution < 1.29 is 9.31 Å². The van der Waals surface area contributed by atoms with Gasteiger partial charge in [-0.2, -0.15) is 0 Å². The van der Waals surface area contributed by atoms with Gasteiger partial charge in [0.2, 0.25) is 5.91 Å². The van der Waals surface area contributed by atoms with Gasteiger partial charge in [0.15, 0.2) is 11.5 Å². The second kappa shape index (κ2) is 4.52. The van der Waals surface area contributed by atoms with Crippen molar-refractivity contribution in [3.05, 3.63) is 41.7 Å². The Balaban J connectivity index is 2.48. The average molecular weight is 267 g/mol. The minimum atomic E-state index is -0.139. The van der Waals surface area contributed by atoms with Crippen molar-refractivity contribution in [2.24, 2.45) is 0 Å². The third-order valence-electron chi connectivity index (χ3n) is 3.15. The molecule has 0 saturated carbocycles. The lowest BCUT2D eigenvalue weighted by Crippen LogP contribution is -2.33. The van der Waals surface area contributed by atoms with Crippen LogP contribution in [0.3, 0.4) is 0 Å². The van der Waals surface area contributed by atoms with Gasteiger partial charge < -0.3 is 5.32 Å². The minimum absolute atomic E-state index is 0.139. The second-order valence-electron chi connectivity index (χ2n) is 4.85. The van der Waals surface area contributed by atoms with Crippen molar-refractivity contribution in [1.82, 2.24) is 10.1 Å². The van der Waals surface area contributed by atoms with Crippen molar-refractivity contribution in [2.45, 2.75) is 20.8 Å². The van der Waals surface area contributed by atoms with Gasteiger partial charge in [-0.05, 0) is 11.1 Å². The number of rotatable bonds is 1. The van der Waals surface area contributed by atoms with E-state index < -0.39 is 0 Å². The molecule has 5 nitrogen and oxygen atoms in total. The summed E-state index contributed by atoms with van der Waals surface area (Å²) in [6.45, 7) is 5.41. The Morgan fingerprint density at radius 2 is 1.90 bits per heavy atom. The van der Waals surface area contributed by atoms with E-state index in [0.717, 1.165) is 27.8 Å². The van der Waals surface area contributed by atoms with E-state index in [1.54, 1.807) is 4.52 Å². The maximum atomic E-state index is 11.4. The number of carbonyl (C=O) groups is 1. The molecule has 20 heavy (non-hydrogen) atoms. The smallest absolute Gasteiger partial charge is 0.307 e. The molecule has 1 N–H and O–H groups in total. The number of fused-ring (bicyclic) bond motifs is 3. The predicted molar refractivity (Wildman–Crippen MR) is 76.5 cm³/mol. The normalized spacial score (nSPS) is 10.9. The number of amides is 1. The first-order chi connectivity index (χ1) is 9.56. The van der Waals surface area contributed by atoms with Crippen molar-refractivity contribution in [3.8, 4) is 0 Å². The molecule has 1 amide bonds. The van der Waals surface area contributed by atoms with Crippen LogP contribution in [0.2, 0.25) is 0 Å². The highest BCUT2D eigenvalue weighted by Crippen LogP contribution is 2.22. The molecule has 3 rings (SSSR count). The Morgan fingerprint density at radius 1 is 1.20 bits per heavy atom. The molecule has 1 aromatic carbocycles. The van der Waals surface area contributed by atoms with Gasteiger partial charge in [0.25, 0.3) is 0 Å². The van der Waals surface area contributed by atoms with Gasteiger partial charge in [0.1, 0.15) is 5.69 Å². The Bertz CT molecular complexity index is 842. The van der Waals surface area contributed by atoms with E-state index in [1.807, 2.05) is 44.2 Å². The summed E-state index contributed by atoms with van der Waals surface area (Å²) in [7, 11) is 0. The Morgan fingerprint density at radius 3 is 2.60 bits per heavy atom. The van der Waals surface area contributed by atoms with Crippen LogP contribution < -0.4 is 9.83 Å². The molecule has 2 heterocycles. The lowest BCUT2D eigenvalue weighted by molar-refractivity contribution is -0.587. The third kappa shape index (κ3) is 1.97. The molecular formula is C15H15N4O+. The number of aromatic nitrogens is 3. The van der Waals surface area contributed by atoms with Gasteiger partial charge in [-0.25, -0.2) is 0 Å². The number of hydrogen-bond acceptors (Lipinski definition) is 3. The van der Waals surface area contributed by atoms with Gasteiger partial charge in [0.05, 0.1) is 5.39 Å². The first kappa shape index (κ1) is 12.5. The third-order valence-corrected chi connectivity index (χ3v) is 3.15. The van der Waals surface area contributed by atoms with Crippen LogP contribution in [-0.4, -0.2) is 16.0 Å². The van der Waals surface area contributed by atoms with Crippen molar-refractivity contribution >= 4 is 28.1 Å². The molecule has 0 aliphatic heterocycles. The molecule has 0 saturated heterocycles. The highest BCUT2D eigenvalue weighted by atomic mass is 16.1. The predicted octanol–water partition coefficient (Wildman–Crippen LogP) is 1.94. The van der Waals surface area contributed by atoms with Crippen LogP contribution in [0, 0.1) is 13.8 Å². The topological polar surface area (TPSA) is 59.0 Å². The lowest BCUT2D eigenvalue weighted by atomic mass is 10.1. The average Bonchev–Trinajstić information content (AvgIpc) is 2.39. The van der Waals surface area contributed by atoms with Crippen LogP contribution in [0.1, 0.15) is 18.3 Å². The summed E-state index contributed by atoms with van der Waals surface area (Å²) in [6.07, 6.45) is 0. The number of aryl methyl sites for hydroxylation is 2. The zero-order valence-corrected chi connectivity index (χ0v) is 11.6. The van der Waals surface area contributed by atoms with Crippen LogP contribution in [0.5, 0.6) is 0 Å². The van der Waals surface area contributed by atoms with Gasteiger partial charge in [0, 0.05) is 32.2 Å². The maximum absolute atomic E-state index is 11.4. The SMILES string of the molecule is CC(=O)Nc1n[n+]2c(C)cc(C)nc2c2ccccc12. The number of anilines is 1. The molecular weight excluding hydrogens is 252 g/mol. The first-order valence-corrected chi connectivity index (χ1v) is 6.43. The molecule has 3 aromatic rings. The summed E-state index contributed by atoms with van der Waals surface area (Å²) in [6, 6.07) is 9.77. The molecule has 0 atom stereocenters. The van der Waals surface area contributed by atoms with Crippen molar-refractivity contribution in [1.29, 1.82) is 0 Å². The maximum Gasteiger partial charge on any atom is 0.356 e. The molecule has 0 bridgehead atoms. The molecule has 100 valence electrons. The van der Waals surface area contributed by atoms with Crippen LogP contribution in [-0.2, 0) is 4.79 Å². The Hall–Kier alpha value is -2.56. The number of nitrogens with one attached hydrogen (secondary N) is 1. The summed E-state index contributed by atoms with van der Waals surface area (Å²) in [5.41, 5.74) is 2.72. The summed E-state index contributed by atoms with van der Waals surface area (Å²) >= 11 is 0. The number of benzene rings is 1. The van der Waals surface area contributed by atoms with Gasteiger partial charge in [-0.3, -0.25) is 4.79 Å². The highest BCUT2D eigenvalue weighted by Gasteiger charge is 2.18. The highest BCUT2D eigenvalue weighted by molar-refractivity contribution is 6.03. The summed E-state index contributed by atoms with van der Waals surface area (Å²) in [4.78, 5) is 15.9. The fourth-order valence-electron chi connectivity index (χ4n) is 2.38. The molecule has 5 heteroatoms. The Kier molecular flexibility index (Phi) is 2.82. The van der Waals surface area contributed by atoms with Crippen LogP contribution in [0.4, 0.5) is 5.82 Å². The number of hydrogen-bond donors (Lipinski definition) is 1. The number of carbonyl (C=O) groups excluding carboxylic acids is 1. The van der Waals surface area contributed by atoms with E-state index in [1.165, 1.54) is 6.92 Å². The molecule has 0 aliphatic carbocycles. The minimum Gasteiger partial charge on any atom is -0.307 e. The standard InChI is InChI=1S/C15H14N4O/c1-9-8-10(2)19-15(16-9)13-7-5-4-6-12(13)14(18-19)17-11(3)20/h4-8H,1-3H3/p+1. The zero-order chi connectivity index (χ0) is 14.3. The van der Waals surface area contributed by atoms with Gasteiger partial charge in [-0.1, -0.05) is 27.8 Å². The molecule has 0 unspecified atom stereocenters. The molecule has 0 fully saturated rings. The summed E-state index contributed by atoms with van der Waals surface area (Å²) in [5, 5.41) is 9.15. The van der Waals surface area contributed by atoms with E-state index in [2.05, 4.69) is 15.4 Å². The van der Waals surface area contributed by atoms with E-state index in [9.17, 15) is 4.79 Å². The first-order valence-electron chi connectivity index (χ1n) is 6.43. The monoisotopic (exact) mass is 267 g/mol. The quantitative estimate of drug-likeness (QED) is 0.541. The van der Waals surface area contributed by atoms with Crippen LogP contribution in [0.25, 0.3) is 16.4 Å². The van der Waals surface area contributed by atoms with E-state index >= 15 is 0 Å².